The second-order valence-corrected chi connectivity index (χ2v) is 5.14. The lowest BCUT2D eigenvalue weighted by atomic mass is 10.0. The number of hydrogen-bond donors (Lipinski definition) is 2. The van der Waals surface area contributed by atoms with Crippen molar-refractivity contribution >= 4 is 27.8 Å². The van der Waals surface area contributed by atoms with Crippen molar-refractivity contribution in [2.24, 2.45) is 0 Å². The van der Waals surface area contributed by atoms with Crippen molar-refractivity contribution in [3.05, 3.63) is 28.7 Å². The minimum absolute atomic E-state index is 0.253. The van der Waals surface area contributed by atoms with E-state index in [2.05, 4.69) is 15.9 Å². The van der Waals surface area contributed by atoms with Gasteiger partial charge in [-0.25, -0.2) is 4.79 Å². The van der Waals surface area contributed by atoms with Gasteiger partial charge in [-0.3, -0.25) is 4.79 Å². The second kappa shape index (κ2) is 6.33. The van der Waals surface area contributed by atoms with Crippen LogP contribution in [0, 0.1) is 0 Å². The number of nitrogens with one attached hydrogen (secondary N) is 1. The highest BCUT2D eigenvalue weighted by Gasteiger charge is 2.58. The van der Waals surface area contributed by atoms with Crippen molar-refractivity contribution in [1.82, 2.24) is 5.32 Å². The van der Waals surface area contributed by atoms with E-state index in [1.54, 1.807) is 12.1 Å². The Labute approximate surface area is 126 Å². The van der Waals surface area contributed by atoms with Gasteiger partial charge < -0.3 is 15.2 Å². The van der Waals surface area contributed by atoms with Crippen LogP contribution in [-0.2, 0) is 9.59 Å². The molecule has 1 atom stereocenters. The summed E-state index contributed by atoms with van der Waals surface area (Å²) in [6.45, 7) is -0.373. The molecule has 5 nitrogen and oxygen atoms in total. The third-order valence-corrected chi connectivity index (χ3v) is 3.04. The molecule has 0 aromatic heterocycles. The fourth-order valence-corrected chi connectivity index (χ4v) is 1.64. The SMILES string of the molecule is CC(NC(=O)COc1cccc(Br)c1)(C(=O)O)C(F)(F)F. The van der Waals surface area contributed by atoms with E-state index in [9.17, 15) is 22.8 Å². The fraction of sp³-hybridized carbons (Fsp3) is 0.333. The van der Waals surface area contributed by atoms with Crippen LogP contribution in [0.2, 0.25) is 0 Å². The van der Waals surface area contributed by atoms with Crippen molar-refractivity contribution in [3.8, 4) is 5.75 Å². The molecule has 21 heavy (non-hydrogen) atoms. The molecule has 0 heterocycles. The van der Waals surface area contributed by atoms with Crippen molar-refractivity contribution in [2.45, 2.75) is 18.6 Å². The third-order valence-electron chi connectivity index (χ3n) is 2.55. The van der Waals surface area contributed by atoms with Crippen LogP contribution in [0.4, 0.5) is 13.2 Å². The largest absolute Gasteiger partial charge is 0.484 e. The van der Waals surface area contributed by atoms with Crippen LogP contribution in [0.5, 0.6) is 5.75 Å². The van der Waals surface area contributed by atoms with Gasteiger partial charge in [0.1, 0.15) is 5.75 Å². The zero-order chi connectivity index (χ0) is 16.3. The van der Waals surface area contributed by atoms with Crippen LogP contribution in [0.1, 0.15) is 6.92 Å². The van der Waals surface area contributed by atoms with Crippen LogP contribution in [0.15, 0.2) is 28.7 Å². The van der Waals surface area contributed by atoms with Crippen molar-refractivity contribution < 1.29 is 32.6 Å². The number of amides is 1. The van der Waals surface area contributed by atoms with Crippen LogP contribution in [-0.4, -0.2) is 35.3 Å². The van der Waals surface area contributed by atoms with Gasteiger partial charge in [0.2, 0.25) is 5.54 Å². The third kappa shape index (κ3) is 4.35. The van der Waals surface area contributed by atoms with Gasteiger partial charge in [-0.2, -0.15) is 13.2 Å². The number of carbonyl (C=O) groups excluding carboxylic acids is 1. The van der Waals surface area contributed by atoms with Gasteiger partial charge in [-0.1, -0.05) is 22.0 Å². The van der Waals surface area contributed by atoms with Crippen LogP contribution >= 0.6 is 15.9 Å². The van der Waals surface area contributed by atoms with Crippen molar-refractivity contribution in [2.75, 3.05) is 6.61 Å². The quantitative estimate of drug-likeness (QED) is 0.835. The summed E-state index contributed by atoms with van der Waals surface area (Å²) in [5.41, 5.74) is -3.37. The predicted molar refractivity (Wildman–Crippen MR) is 69.9 cm³/mol. The molecule has 0 aliphatic carbocycles. The Balaban J connectivity index is 2.70. The molecule has 2 N–H and O–H groups in total. The van der Waals surface area contributed by atoms with Crippen molar-refractivity contribution in [3.63, 3.8) is 0 Å². The standard InChI is InChI=1S/C12H11BrF3NO4/c1-11(10(19)20,12(14,15)16)17-9(18)6-21-8-4-2-3-7(13)5-8/h2-5H,6H2,1H3,(H,17,18)(H,19,20). The highest BCUT2D eigenvalue weighted by molar-refractivity contribution is 9.10. The number of alkyl halides is 3. The van der Waals surface area contributed by atoms with Gasteiger partial charge in [0.25, 0.3) is 5.91 Å². The van der Waals surface area contributed by atoms with Gasteiger partial charge in [0, 0.05) is 4.47 Å². The topological polar surface area (TPSA) is 75.6 Å². The molecule has 1 aromatic carbocycles. The summed E-state index contributed by atoms with van der Waals surface area (Å²) < 4.78 is 43.7. The summed E-state index contributed by atoms with van der Waals surface area (Å²) in [4.78, 5) is 22.2. The van der Waals surface area contributed by atoms with Gasteiger partial charge in [0.15, 0.2) is 6.61 Å². The van der Waals surface area contributed by atoms with Gasteiger partial charge in [-0.05, 0) is 25.1 Å². The van der Waals surface area contributed by atoms with Gasteiger partial charge in [0.05, 0.1) is 0 Å². The number of halogens is 4. The Morgan fingerprint density at radius 3 is 2.48 bits per heavy atom. The molecule has 0 saturated carbocycles. The number of carboxylic acid groups (broad SMARTS) is 1. The van der Waals surface area contributed by atoms with Gasteiger partial charge >= 0.3 is 12.1 Å². The van der Waals surface area contributed by atoms with E-state index in [4.69, 9.17) is 9.84 Å². The molecule has 0 aliphatic heterocycles. The molecule has 0 radical (unpaired) electrons. The highest BCUT2D eigenvalue weighted by atomic mass is 79.9. The minimum Gasteiger partial charge on any atom is -0.484 e. The van der Waals surface area contributed by atoms with Crippen LogP contribution in [0.25, 0.3) is 0 Å². The average molecular weight is 370 g/mol. The molecular formula is C12H11BrF3NO4. The molecular weight excluding hydrogens is 359 g/mol. The molecule has 1 amide bonds. The Kier molecular flexibility index (Phi) is 5.21. The Hall–Kier alpha value is -1.77. The van der Waals surface area contributed by atoms with E-state index >= 15 is 0 Å². The summed E-state index contributed by atoms with van der Waals surface area (Å²) in [6, 6.07) is 6.30. The van der Waals surface area contributed by atoms with Crippen LogP contribution < -0.4 is 10.1 Å². The molecule has 9 heteroatoms. The maximum atomic E-state index is 12.7. The van der Waals surface area contributed by atoms with Crippen molar-refractivity contribution in [1.29, 1.82) is 0 Å². The number of ether oxygens (including phenoxy) is 1. The number of rotatable bonds is 5. The molecule has 0 saturated heterocycles. The summed E-state index contributed by atoms with van der Waals surface area (Å²) in [7, 11) is 0. The summed E-state index contributed by atoms with van der Waals surface area (Å²) in [5, 5.41) is 10.1. The molecule has 0 aliphatic rings. The zero-order valence-corrected chi connectivity index (χ0v) is 12.3. The molecule has 0 bridgehead atoms. The highest BCUT2D eigenvalue weighted by Crippen LogP contribution is 2.30. The van der Waals surface area contributed by atoms with E-state index in [-0.39, 0.29) is 5.75 Å². The van der Waals surface area contributed by atoms with Crippen LogP contribution in [0.3, 0.4) is 0 Å². The van der Waals surface area contributed by atoms with Gasteiger partial charge in [-0.15, -0.1) is 0 Å². The molecule has 1 aromatic rings. The predicted octanol–water partition coefficient (Wildman–Crippen LogP) is 2.35. The Bertz CT molecular complexity index is 550. The normalized spacial score (nSPS) is 14.1. The zero-order valence-electron chi connectivity index (χ0n) is 10.7. The maximum Gasteiger partial charge on any atom is 0.422 e. The first-order valence-electron chi connectivity index (χ1n) is 5.56. The number of hydrogen-bond acceptors (Lipinski definition) is 3. The Morgan fingerprint density at radius 1 is 1.38 bits per heavy atom. The lowest BCUT2D eigenvalue weighted by Crippen LogP contribution is -2.62. The lowest BCUT2D eigenvalue weighted by Gasteiger charge is -2.28. The fourth-order valence-electron chi connectivity index (χ4n) is 1.27. The lowest BCUT2D eigenvalue weighted by molar-refractivity contribution is -0.207. The smallest absolute Gasteiger partial charge is 0.422 e. The first-order valence-corrected chi connectivity index (χ1v) is 6.35. The number of aliphatic carboxylic acids is 1. The number of benzene rings is 1. The molecule has 0 spiro atoms. The first-order chi connectivity index (χ1) is 9.56. The van der Waals surface area contributed by atoms with E-state index < -0.39 is 30.2 Å². The second-order valence-electron chi connectivity index (χ2n) is 4.22. The molecule has 1 unspecified atom stereocenters. The maximum absolute atomic E-state index is 12.7. The van der Waals surface area contributed by atoms with E-state index in [1.165, 1.54) is 17.4 Å². The first kappa shape index (κ1) is 17.3. The summed E-state index contributed by atoms with van der Waals surface area (Å²) in [5.74, 6) is -3.15. The minimum atomic E-state index is -5.13. The average Bonchev–Trinajstić information content (AvgIpc) is 2.34. The molecule has 1 rings (SSSR count). The molecule has 0 fully saturated rings. The van der Waals surface area contributed by atoms with E-state index in [0.717, 1.165) is 0 Å². The van der Waals surface area contributed by atoms with E-state index in [0.29, 0.717) is 11.4 Å². The monoisotopic (exact) mass is 369 g/mol. The number of carboxylic acids is 1. The summed E-state index contributed by atoms with van der Waals surface area (Å²) in [6.07, 6.45) is -5.13. The van der Waals surface area contributed by atoms with E-state index in [1.807, 2.05) is 0 Å². The summed E-state index contributed by atoms with van der Waals surface area (Å²) >= 11 is 3.16. The Morgan fingerprint density at radius 2 is 2.00 bits per heavy atom. The number of carbonyl (C=O) groups is 2. The molecule has 116 valence electrons.